The molecule has 1 N–H and O–H groups in total. The Labute approximate surface area is 211 Å². The molecule has 3 rings (SSSR count). The van der Waals surface area contributed by atoms with Crippen LogP contribution in [0.3, 0.4) is 0 Å². The highest BCUT2D eigenvalue weighted by Gasteiger charge is 2.33. The SMILES string of the molecule is CC(NC(=O)C(C)(C)Oc1cc(F)cc(Cl)c1)C(Cc1ccc(I)cc1)c1cccc(F)c1. The molecule has 1 amide bonds. The van der Waals surface area contributed by atoms with Crippen molar-refractivity contribution >= 4 is 40.1 Å². The number of amides is 1. The first-order valence-corrected chi connectivity index (χ1v) is 11.9. The maximum absolute atomic E-state index is 14.0. The number of hydrogen-bond donors (Lipinski definition) is 1. The smallest absolute Gasteiger partial charge is 0.263 e. The van der Waals surface area contributed by atoms with Crippen LogP contribution in [-0.4, -0.2) is 17.6 Å². The van der Waals surface area contributed by atoms with Gasteiger partial charge in [0.05, 0.1) is 0 Å². The zero-order chi connectivity index (χ0) is 24.2. The average Bonchev–Trinajstić information content (AvgIpc) is 2.72. The number of hydrogen-bond acceptors (Lipinski definition) is 2. The molecule has 174 valence electrons. The van der Waals surface area contributed by atoms with E-state index in [9.17, 15) is 13.6 Å². The molecular weight excluding hydrogens is 559 g/mol. The highest BCUT2D eigenvalue weighted by atomic mass is 127. The minimum atomic E-state index is -1.29. The van der Waals surface area contributed by atoms with Gasteiger partial charge in [0.15, 0.2) is 5.60 Å². The lowest BCUT2D eigenvalue weighted by atomic mass is 9.86. The Hall–Kier alpha value is -2.19. The molecule has 3 aromatic carbocycles. The summed E-state index contributed by atoms with van der Waals surface area (Å²) in [6, 6.07) is 18.0. The van der Waals surface area contributed by atoms with E-state index in [-0.39, 0.29) is 34.5 Å². The van der Waals surface area contributed by atoms with E-state index >= 15 is 0 Å². The summed E-state index contributed by atoms with van der Waals surface area (Å²) in [4.78, 5) is 13.1. The lowest BCUT2D eigenvalue weighted by Crippen LogP contribution is -2.51. The van der Waals surface area contributed by atoms with Gasteiger partial charge < -0.3 is 10.1 Å². The largest absolute Gasteiger partial charge is 0.478 e. The molecule has 3 nitrogen and oxygen atoms in total. The molecule has 33 heavy (non-hydrogen) atoms. The first kappa shape index (κ1) is 25.4. The van der Waals surface area contributed by atoms with Crippen molar-refractivity contribution in [3.63, 3.8) is 0 Å². The van der Waals surface area contributed by atoms with Crippen LogP contribution < -0.4 is 10.1 Å². The van der Waals surface area contributed by atoms with E-state index in [1.54, 1.807) is 19.9 Å². The Bertz CT molecular complexity index is 1100. The Morgan fingerprint density at radius 1 is 1.06 bits per heavy atom. The molecule has 0 fully saturated rings. The third kappa shape index (κ3) is 7.14. The van der Waals surface area contributed by atoms with Gasteiger partial charge in [-0.15, -0.1) is 0 Å². The molecule has 0 aromatic heterocycles. The third-order valence-corrected chi connectivity index (χ3v) is 6.30. The van der Waals surface area contributed by atoms with E-state index in [0.29, 0.717) is 6.42 Å². The van der Waals surface area contributed by atoms with Crippen molar-refractivity contribution in [2.75, 3.05) is 0 Å². The van der Waals surface area contributed by atoms with E-state index in [0.717, 1.165) is 20.8 Å². The molecule has 2 atom stereocenters. The fourth-order valence-corrected chi connectivity index (χ4v) is 4.18. The summed E-state index contributed by atoms with van der Waals surface area (Å²) in [6.07, 6.45) is 0.614. The summed E-state index contributed by atoms with van der Waals surface area (Å²) in [5, 5.41) is 3.18. The van der Waals surface area contributed by atoms with Crippen molar-refractivity contribution in [2.45, 2.75) is 44.8 Å². The molecular formula is C26H25ClF2INO2. The van der Waals surface area contributed by atoms with Gasteiger partial charge in [-0.25, -0.2) is 8.78 Å². The van der Waals surface area contributed by atoms with Crippen LogP contribution in [-0.2, 0) is 11.2 Å². The zero-order valence-electron chi connectivity index (χ0n) is 18.5. The van der Waals surface area contributed by atoms with Gasteiger partial charge in [0.1, 0.15) is 17.4 Å². The molecule has 0 aliphatic heterocycles. The third-order valence-electron chi connectivity index (χ3n) is 5.36. The maximum atomic E-state index is 14.0. The van der Waals surface area contributed by atoms with Crippen LogP contribution in [0, 0.1) is 15.2 Å². The summed E-state index contributed by atoms with van der Waals surface area (Å²) >= 11 is 8.14. The monoisotopic (exact) mass is 583 g/mol. The number of carbonyl (C=O) groups is 1. The Balaban J connectivity index is 1.80. The van der Waals surface area contributed by atoms with Crippen molar-refractivity contribution in [3.8, 4) is 5.75 Å². The van der Waals surface area contributed by atoms with E-state index < -0.39 is 11.4 Å². The molecule has 0 saturated heterocycles. The van der Waals surface area contributed by atoms with Crippen molar-refractivity contribution in [2.24, 2.45) is 0 Å². The van der Waals surface area contributed by atoms with Crippen LogP contribution in [0.25, 0.3) is 0 Å². The predicted molar refractivity (Wildman–Crippen MR) is 136 cm³/mol. The van der Waals surface area contributed by atoms with Crippen molar-refractivity contribution < 1.29 is 18.3 Å². The maximum Gasteiger partial charge on any atom is 0.263 e. The number of halogens is 4. The van der Waals surface area contributed by atoms with Crippen LogP contribution in [0.15, 0.2) is 66.7 Å². The fraction of sp³-hybridized carbons (Fsp3) is 0.269. The van der Waals surface area contributed by atoms with E-state index in [2.05, 4.69) is 27.9 Å². The first-order chi connectivity index (χ1) is 15.5. The second kappa shape index (κ2) is 10.8. The van der Waals surface area contributed by atoms with Crippen molar-refractivity contribution in [1.29, 1.82) is 0 Å². The van der Waals surface area contributed by atoms with Gasteiger partial charge in [-0.1, -0.05) is 35.9 Å². The van der Waals surface area contributed by atoms with Crippen molar-refractivity contribution in [3.05, 3.63) is 98.1 Å². The average molecular weight is 584 g/mol. The normalized spacial score (nSPS) is 13.3. The molecule has 0 aliphatic rings. The number of benzene rings is 3. The Morgan fingerprint density at radius 3 is 2.39 bits per heavy atom. The zero-order valence-corrected chi connectivity index (χ0v) is 21.5. The molecule has 7 heteroatoms. The number of ether oxygens (including phenoxy) is 1. The standard InChI is InChI=1S/C26H25ClF2INO2/c1-16(31-25(32)26(2,3)33-23-14-19(27)13-21(29)15-23)24(18-5-4-6-20(28)12-18)11-17-7-9-22(30)10-8-17/h4-10,12-16,24H,11H2,1-3H3,(H,31,32). The molecule has 2 unspecified atom stereocenters. The van der Waals surface area contributed by atoms with Crippen molar-refractivity contribution in [1.82, 2.24) is 5.32 Å². The summed E-state index contributed by atoms with van der Waals surface area (Å²) in [6.45, 7) is 5.09. The lowest BCUT2D eigenvalue weighted by Gasteiger charge is -2.31. The van der Waals surface area contributed by atoms with E-state index in [4.69, 9.17) is 16.3 Å². The Kier molecular flexibility index (Phi) is 8.34. The summed E-state index contributed by atoms with van der Waals surface area (Å²) in [5.74, 6) is -1.27. The first-order valence-electron chi connectivity index (χ1n) is 10.5. The molecule has 0 spiro atoms. The van der Waals surface area contributed by atoms with Gasteiger partial charge in [0, 0.05) is 26.6 Å². The Morgan fingerprint density at radius 2 is 1.76 bits per heavy atom. The van der Waals surface area contributed by atoms with E-state index in [1.807, 2.05) is 37.3 Å². The topological polar surface area (TPSA) is 38.3 Å². The van der Waals surface area contributed by atoms with Gasteiger partial charge in [-0.3, -0.25) is 4.79 Å². The van der Waals surface area contributed by atoms with Crippen LogP contribution in [0.4, 0.5) is 8.78 Å². The molecule has 0 radical (unpaired) electrons. The highest BCUT2D eigenvalue weighted by molar-refractivity contribution is 14.1. The molecule has 0 aliphatic carbocycles. The minimum absolute atomic E-state index is 0.161. The van der Waals surface area contributed by atoms with Crippen LogP contribution in [0.5, 0.6) is 5.75 Å². The lowest BCUT2D eigenvalue weighted by molar-refractivity contribution is -0.135. The summed E-state index contributed by atoms with van der Waals surface area (Å²) in [7, 11) is 0. The molecule has 3 aromatic rings. The number of nitrogens with one attached hydrogen (secondary N) is 1. The van der Waals surface area contributed by atoms with Crippen LogP contribution >= 0.6 is 34.2 Å². The van der Waals surface area contributed by atoms with Gasteiger partial charge >= 0.3 is 0 Å². The number of rotatable bonds is 8. The second-order valence-electron chi connectivity index (χ2n) is 8.47. The van der Waals surface area contributed by atoms with E-state index in [1.165, 1.54) is 24.3 Å². The van der Waals surface area contributed by atoms with Crippen LogP contribution in [0.2, 0.25) is 5.02 Å². The van der Waals surface area contributed by atoms with Crippen LogP contribution in [0.1, 0.15) is 37.8 Å². The number of carbonyl (C=O) groups excluding carboxylic acids is 1. The molecule has 0 saturated carbocycles. The van der Waals surface area contributed by atoms with Gasteiger partial charge in [0.2, 0.25) is 0 Å². The summed E-state index contributed by atoms with van der Waals surface area (Å²) in [5.41, 5.74) is 0.577. The quantitative estimate of drug-likeness (QED) is 0.293. The summed E-state index contributed by atoms with van der Waals surface area (Å²) < 4.78 is 34.6. The second-order valence-corrected chi connectivity index (χ2v) is 10.2. The molecule has 0 heterocycles. The predicted octanol–water partition coefficient (Wildman–Crippen LogP) is 6.91. The molecule has 0 bridgehead atoms. The highest BCUT2D eigenvalue weighted by Crippen LogP contribution is 2.28. The van der Waals surface area contributed by atoms with Gasteiger partial charge in [-0.2, -0.15) is 0 Å². The fourth-order valence-electron chi connectivity index (χ4n) is 3.60. The van der Waals surface area contributed by atoms with Gasteiger partial charge in [0.25, 0.3) is 5.91 Å². The minimum Gasteiger partial charge on any atom is -0.478 e. The van der Waals surface area contributed by atoms with Gasteiger partial charge in [-0.05, 0) is 97.3 Å².